The van der Waals surface area contributed by atoms with E-state index in [0.717, 1.165) is 6.26 Å². The largest absolute Gasteiger partial charge is 0.421 e. The maximum atomic E-state index is 13.5. The molecule has 0 aliphatic carbocycles. The average molecular weight is 497 g/mol. The highest BCUT2D eigenvalue weighted by atomic mass is 32.2. The number of sulfone groups is 1. The lowest BCUT2D eigenvalue weighted by Gasteiger charge is -2.17. The summed E-state index contributed by atoms with van der Waals surface area (Å²) in [6.07, 6.45) is -1.06. The lowest BCUT2D eigenvalue weighted by Crippen LogP contribution is -2.17. The number of nitrogens with one attached hydrogen (secondary N) is 2. The molecule has 182 valence electrons. The molecule has 3 N–H and O–H groups in total. The Labute approximate surface area is 194 Å². The summed E-state index contributed by atoms with van der Waals surface area (Å²) in [6.45, 7) is 2.80. The Bertz CT molecular complexity index is 1250. The van der Waals surface area contributed by atoms with Gasteiger partial charge in [0.2, 0.25) is 5.95 Å². The number of hydrogen-bond donors (Lipinski definition) is 3. The van der Waals surface area contributed by atoms with Gasteiger partial charge in [-0.25, -0.2) is 13.4 Å². The van der Waals surface area contributed by atoms with Crippen molar-refractivity contribution in [1.29, 1.82) is 0 Å². The van der Waals surface area contributed by atoms with Crippen molar-refractivity contribution >= 4 is 27.3 Å². The fourth-order valence-electron chi connectivity index (χ4n) is 2.98. The van der Waals surface area contributed by atoms with Gasteiger partial charge in [0.15, 0.2) is 9.84 Å². The Hall–Kier alpha value is -3.32. The second kappa shape index (κ2) is 9.89. The van der Waals surface area contributed by atoms with Crippen LogP contribution in [-0.4, -0.2) is 39.7 Å². The zero-order chi connectivity index (χ0) is 25.1. The predicted octanol–water partition coefficient (Wildman–Crippen LogP) is 3.80. The minimum atomic E-state index is -4.73. The SMILES string of the molecule is CC(O)c1ccc(Nc2ncc(C(F)(F)F)c(NCc3nccnc3C(C)S(C)(=O)=O)n2)cc1. The minimum absolute atomic E-state index is 0.0934. The molecule has 3 aromatic rings. The summed E-state index contributed by atoms with van der Waals surface area (Å²) in [6, 6.07) is 6.59. The van der Waals surface area contributed by atoms with Crippen LogP contribution in [0.4, 0.5) is 30.6 Å². The van der Waals surface area contributed by atoms with E-state index in [0.29, 0.717) is 17.4 Å². The quantitative estimate of drug-likeness (QED) is 0.426. The van der Waals surface area contributed by atoms with E-state index in [2.05, 4.69) is 30.6 Å². The highest BCUT2D eigenvalue weighted by molar-refractivity contribution is 7.90. The van der Waals surface area contributed by atoms with Crippen molar-refractivity contribution in [2.24, 2.45) is 0 Å². The highest BCUT2D eigenvalue weighted by Gasteiger charge is 2.35. The van der Waals surface area contributed by atoms with Crippen molar-refractivity contribution < 1.29 is 26.7 Å². The Balaban J connectivity index is 1.89. The lowest BCUT2D eigenvalue weighted by atomic mass is 10.1. The van der Waals surface area contributed by atoms with Crippen LogP contribution in [0.25, 0.3) is 0 Å². The summed E-state index contributed by atoms with van der Waals surface area (Å²) in [5.74, 6) is -0.599. The van der Waals surface area contributed by atoms with Crippen LogP contribution in [0.3, 0.4) is 0 Å². The molecular weight excluding hydrogens is 473 g/mol. The first-order valence-electron chi connectivity index (χ1n) is 10.1. The first-order valence-corrected chi connectivity index (χ1v) is 12.0. The molecule has 2 atom stereocenters. The number of nitrogens with zero attached hydrogens (tertiary/aromatic N) is 4. The van der Waals surface area contributed by atoms with E-state index in [9.17, 15) is 26.7 Å². The lowest BCUT2D eigenvalue weighted by molar-refractivity contribution is -0.137. The molecule has 1 aromatic carbocycles. The maximum absolute atomic E-state index is 13.5. The van der Waals surface area contributed by atoms with Crippen molar-refractivity contribution in [2.75, 3.05) is 16.9 Å². The summed E-state index contributed by atoms with van der Waals surface area (Å²) in [4.78, 5) is 15.9. The van der Waals surface area contributed by atoms with Gasteiger partial charge in [-0.15, -0.1) is 0 Å². The molecule has 2 unspecified atom stereocenters. The van der Waals surface area contributed by atoms with Gasteiger partial charge in [0.25, 0.3) is 0 Å². The first kappa shape index (κ1) is 25.3. The van der Waals surface area contributed by atoms with E-state index in [1.807, 2.05) is 0 Å². The summed E-state index contributed by atoms with van der Waals surface area (Å²) < 4.78 is 64.5. The normalized spacial score (nSPS) is 13.9. The molecular formula is C21H23F3N6O3S. The van der Waals surface area contributed by atoms with Gasteiger partial charge in [-0.1, -0.05) is 12.1 Å². The molecule has 0 radical (unpaired) electrons. The maximum Gasteiger partial charge on any atom is 0.421 e. The first-order chi connectivity index (χ1) is 15.9. The Morgan fingerprint density at radius 3 is 2.29 bits per heavy atom. The number of benzene rings is 1. The number of hydrogen-bond acceptors (Lipinski definition) is 9. The molecule has 0 aliphatic rings. The molecule has 0 spiro atoms. The van der Waals surface area contributed by atoms with Crippen LogP contribution in [0.1, 0.15) is 47.7 Å². The van der Waals surface area contributed by atoms with E-state index in [4.69, 9.17) is 0 Å². The molecule has 3 rings (SSSR count). The van der Waals surface area contributed by atoms with Crippen molar-refractivity contribution in [2.45, 2.75) is 37.9 Å². The van der Waals surface area contributed by atoms with Crippen LogP contribution < -0.4 is 10.6 Å². The van der Waals surface area contributed by atoms with E-state index in [-0.39, 0.29) is 23.9 Å². The highest BCUT2D eigenvalue weighted by Crippen LogP contribution is 2.34. The molecule has 34 heavy (non-hydrogen) atoms. The standard InChI is InChI=1S/C21H23F3N6O3S/c1-12(31)14-4-6-15(7-5-14)29-20-28-10-16(21(22,23)24)19(30-20)27-11-17-18(26-9-8-25-17)13(2)34(3,32)33/h4-10,12-13,31H,11H2,1-3H3,(H2,27,28,29,30). The molecule has 0 fully saturated rings. The minimum Gasteiger partial charge on any atom is -0.389 e. The predicted molar refractivity (Wildman–Crippen MR) is 120 cm³/mol. The van der Waals surface area contributed by atoms with Crippen molar-refractivity contribution in [3.8, 4) is 0 Å². The topological polar surface area (TPSA) is 130 Å². The zero-order valence-corrected chi connectivity index (χ0v) is 19.3. The Morgan fingerprint density at radius 2 is 1.71 bits per heavy atom. The number of aliphatic hydroxyl groups excluding tert-OH is 1. The molecule has 0 saturated carbocycles. The second-order valence-corrected chi connectivity index (χ2v) is 9.96. The van der Waals surface area contributed by atoms with Crippen LogP contribution >= 0.6 is 0 Å². The third-order valence-corrected chi connectivity index (χ3v) is 6.51. The van der Waals surface area contributed by atoms with Crippen molar-refractivity contribution in [3.05, 3.63) is 65.4 Å². The fraction of sp³-hybridized carbons (Fsp3) is 0.333. The van der Waals surface area contributed by atoms with Gasteiger partial charge in [0.05, 0.1) is 24.0 Å². The molecule has 2 aromatic heterocycles. The van der Waals surface area contributed by atoms with E-state index < -0.39 is 38.7 Å². The summed E-state index contributed by atoms with van der Waals surface area (Å²) in [5.41, 5.74) is 0.397. The molecule has 0 amide bonds. The average Bonchev–Trinajstić information content (AvgIpc) is 2.76. The number of rotatable bonds is 8. The third-order valence-electron chi connectivity index (χ3n) is 5.00. The Morgan fingerprint density at radius 1 is 1.06 bits per heavy atom. The Kier molecular flexibility index (Phi) is 7.36. The van der Waals surface area contributed by atoms with Crippen molar-refractivity contribution in [3.63, 3.8) is 0 Å². The smallest absolute Gasteiger partial charge is 0.389 e. The van der Waals surface area contributed by atoms with Crippen LogP contribution in [0.2, 0.25) is 0 Å². The number of anilines is 3. The summed E-state index contributed by atoms with van der Waals surface area (Å²) in [7, 11) is -3.50. The monoisotopic (exact) mass is 496 g/mol. The zero-order valence-electron chi connectivity index (χ0n) is 18.5. The summed E-state index contributed by atoms with van der Waals surface area (Å²) in [5, 5.41) is 14.0. The number of alkyl halides is 3. The molecule has 9 nitrogen and oxygen atoms in total. The molecule has 0 saturated heterocycles. The van der Waals surface area contributed by atoms with Crippen LogP contribution in [0, 0.1) is 0 Å². The molecule has 0 aliphatic heterocycles. The molecule has 2 heterocycles. The number of halogens is 3. The van der Waals surface area contributed by atoms with Gasteiger partial charge in [-0.3, -0.25) is 9.97 Å². The van der Waals surface area contributed by atoms with Crippen LogP contribution in [-0.2, 0) is 22.6 Å². The van der Waals surface area contributed by atoms with Gasteiger partial charge < -0.3 is 15.7 Å². The van der Waals surface area contributed by atoms with Crippen molar-refractivity contribution in [1.82, 2.24) is 19.9 Å². The van der Waals surface area contributed by atoms with Crippen LogP contribution in [0.15, 0.2) is 42.9 Å². The van der Waals surface area contributed by atoms with Gasteiger partial charge in [-0.05, 0) is 31.5 Å². The second-order valence-electron chi connectivity index (χ2n) is 7.59. The van der Waals surface area contributed by atoms with Gasteiger partial charge in [0, 0.05) is 30.5 Å². The third kappa shape index (κ3) is 6.17. The van der Waals surface area contributed by atoms with Crippen LogP contribution in [0.5, 0.6) is 0 Å². The molecule has 13 heteroatoms. The van der Waals surface area contributed by atoms with E-state index in [1.54, 1.807) is 31.2 Å². The number of aliphatic hydroxyl groups is 1. The van der Waals surface area contributed by atoms with Gasteiger partial charge in [-0.2, -0.15) is 18.2 Å². The van der Waals surface area contributed by atoms with Gasteiger partial charge in [0.1, 0.15) is 16.6 Å². The van der Waals surface area contributed by atoms with E-state index in [1.165, 1.54) is 19.3 Å². The van der Waals surface area contributed by atoms with Gasteiger partial charge >= 0.3 is 6.18 Å². The fourth-order valence-corrected chi connectivity index (χ4v) is 3.58. The number of aromatic nitrogens is 4. The molecule has 0 bridgehead atoms. The van der Waals surface area contributed by atoms with E-state index >= 15 is 0 Å². The summed E-state index contributed by atoms with van der Waals surface area (Å²) >= 11 is 0.